The molecule has 0 amide bonds. The topological polar surface area (TPSA) is 117 Å². The average molecular weight is 760 g/mol. The summed E-state index contributed by atoms with van der Waals surface area (Å²) in [5, 5.41) is 0. The number of rotatable bonds is 43. The third kappa shape index (κ3) is 40.3. The van der Waals surface area contributed by atoms with E-state index >= 15 is 0 Å². The third-order valence-electron chi connectivity index (χ3n) is 9.80. The molecule has 0 radical (unpaired) electrons. The molecule has 310 valence electrons. The molecular weight excluding hydrogens is 673 g/mol. The Morgan fingerprint density at radius 1 is 0.577 bits per heavy atom. The molecule has 0 aromatic carbocycles. The molecule has 0 spiro atoms. The van der Waals surface area contributed by atoms with E-state index in [1.165, 1.54) is 173 Å². The zero-order chi connectivity index (χ0) is 38.1. The minimum atomic E-state index is -4.26. The maximum atomic E-state index is 12.4. The monoisotopic (exact) mass is 760 g/mol. The largest absolute Gasteiger partial charge is 0.492 e. The molecule has 0 aromatic heterocycles. The number of carbonyl (C=O) groups is 1. The Labute approximate surface area is 322 Å². The Hall–Kier alpha value is -0.920. The van der Waals surface area contributed by atoms with E-state index in [-0.39, 0.29) is 32.3 Å². The fourth-order valence-corrected chi connectivity index (χ4v) is 7.22. The molecule has 0 saturated carbocycles. The predicted molar refractivity (Wildman–Crippen MR) is 219 cm³/mol. The van der Waals surface area contributed by atoms with Gasteiger partial charge in [-0.15, -0.1) is 0 Å². The summed E-state index contributed by atoms with van der Waals surface area (Å²) in [6.07, 6.45) is 44.7. The van der Waals surface area contributed by atoms with Crippen molar-refractivity contribution in [1.82, 2.24) is 0 Å². The lowest BCUT2D eigenvalue weighted by atomic mass is 10.0. The van der Waals surface area contributed by atoms with Gasteiger partial charge in [0, 0.05) is 13.0 Å². The second-order valence-corrected chi connectivity index (χ2v) is 16.4. The highest BCUT2D eigenvalue weighted by Crippen LogP contribution is 2.43. The quantitative estimate of drug-likeness (QED) is 0.0273. The van der Waals surface area contributed by atoms with Crippen molar-refractivity contribution in [3.8, 4) is 0 Å². The molecule has 0 rings (SSSR count). The second-order valence-electron chi connectivity index (χ2n) is 15.0. The van der Waals surface area contributed by atoms with Crippen molar-refractivity contribution in [2.45, 2.75) is 232 Å². The van der Waals surface area contributed by atoms with Crippen LogP contribution in [0.2, 0.25) is 0 Å². The molecule has 0 aliphatic heterocycles. The van der Waals surface area contributed by atoms with Crippen molar-refractivity contribution in [3.05, 3.63) is 12.3 Å². The molecule has 0 fully saturated rings. The lowest BCUT2D eigenvalue weighted by molar-refractivity contribution is -0.147. The van der Waals surface area contributed by atoms with Gasteiger partial charge in [0.2, 0.25) is 0 Å². The molecule has 0 aliphatic rings. The van der Waals surface area contributed by atoms with Crippen molar-refractivity contribution >= 4 is 13.8 Å². The molecule has 2 atom stereocenters. The number of carbonyl (C=O) groups excluding carboxylic acids is 1. The van der Waals surface area contributed by atoms with Gasteiger partial charge in [-0.2, -0.15) is 0 Å². The SMILES string of the molecule is CCCCCCCCCCCCCCC=COC(COC(=O)CCCCCCCCCCCCCCCCCCCCC)COP(=O)(O)OCCN. The summed E-state index contributed by atoms with van der Waals surface area (Å²) in [5.41, 5.74) is 5.36. The first-order valence-electron chi connectivity index (χ1n) is 22.2. The van der Waals surface area contributed by atoms with Crippen molar-refractivity contribution in [2.24, 2.45) is 5.73 Å². The molecule has 0 bridgehead atoms. The van der Waals surface area contributed by atoms with E-state index in [9.17, 15) is 14.3 Å². The van der Waals surface area contributed by atoms with Crippen LogP contribution in [-0.2, 0) is 27.9 Å². The first-order chi connectivity index (χ1) is 25.4. The third-order valence-corrected chi connectivity index (χ3v) is 10.8. The summed E-state index contributed by atoms with van der Waals surface area (Å²) < 4.78 is 33.2. The number of phosphoric ester groups is 1. The van der Waals surface area contributed by atoms with Gasteiger partial charge in [0.05, 0.1) is 19.5 Å². The van der Waals surface area contributed by atoms with Gasteiger partial charge >= 0.3 is 13.8 Å². The summed E-state index contributed by atoms with van der Waals surface area (Å²) in [5.74, 6) is -0.285. The summed E-state index contributed by atoms with van der Waals surface area (Å²) in [4.78, 5) is 22.3. The van der Waals surface area contributed by atoms with Gasteiger partial charge in [-0.3, -0.25) is 13.8 Å². The van der Waals surface area contributed by atoms with Gasteiger partial charge in [-0.25, -0.2) is 4.57 Å². The highest BCUT2D eigenvalue weighted by Gasteiger charge is 2.24. The zero-order valence-electron chi connectivity index (χ0n) is 34.3. The minimum absolute atomic E-state index is 0.0577. The van der Waals surface area contributed by atoms with Crippen molar-refractivity contribution in [1.29, 1.82) is 0 Å². The van der Waals surface area contributed by atoms with Crippen LogP contribution in [0.5, 0.6) is 0 Å². The van der Waals surface area contributed by atoms with E-state index in [0.717, 1.165) is 32.1 Å². The Kier molecular flexibility index (Phi) is 40.5. The molecule has 0 saturated heterocycles. The Morgan fingerprint density at radius 3 is 1.37 bits per heavy atom. The highest BCUT2D eigenvalue weighted by molar-refractivity contribution is 7.47. The van der Waals surface area contributed by atoms with Crippen LogP contribution in [-0.4, -0.2) is 43.3 Å². The maximum absolute atomic E-state index is 12.4. The standard InChI is InChI=1S/C43H86NO7P/c1-3-5-7-9-11-13-15-17-19-20-21-22-23-24-26-28-30-32-34-36-43(45)49-40-42(41-51-52(46,47)50-39-37-44)48-38-35-33-31-29-27-25-18-16-14-12-10-8-6-4-2/h35,38,42H,3-34,36-37,39-41,44H2,1-2H3,(H,46,47). The van der Waals surface area contributed by atoms with Crippen LogP contribution in [0.3, 0.4) is 0 Å². The summed E-state index contributed by atoms with van der Waals surface area (Å²) in [6, 6.07) is 0. The molecule has 2 unspecified atom stereocenters. The van der Waals surface area contributed by atoms with Gasteiger partial charge < -0.3 is 20.1 Å². The minimum Gasteiger partial charge on any atom is -0.492 e. The van der Waals surface area contributed by atoms with E-state index in [1.54, 1.807) is 6.26 Å². The molecule has 3 N–H and O–H groups in total. The van der Waals surface area contributed by atoms with Crippen LogP contribution in [0.15, 0.2) is 12.3 Å². The maximum Gasteiger partial charge on any atom is 0.472 e. The van der Waals surface area contributed by atoms with Gasteiger partial charge in [0.15, 0.2) is 6.10 Å². The summed E-state index contributed by atoms with van der Waals surface area (Å²) in [7, 11) is -4.26. The zero-order valence-corrected chi connectivity index (χ0v) is 35.2. The van der Waals surface area contributed by atoms with E-state index in [4.69, 9.17) is 24.3 Å². The number of nitrogens with two attached hydrogens (primary N) is 1. The van der Waals surface area contributed by atoms with Crippen molar-refractivity contribution < 1.29 is 32.8 Å². The first-order valence-corrected chi connectivity index (χ1v) is 23.7. The van der Waals surface area contributed by atoms with Gasteiger partial charge in [-0.05, 0) is 25.3 Å². The Balaban J connectivity index is 3.98. The number of allylic oxidation sites excluding steroid dienone is 1. The van der Waals surface area contributed by atoms with Crippen LogP contribution >= 0.6 is 7.82 Å². The van der Waals surface area contributed by atoms with Crippen LogP contribution in [0, 0.1) is 0 Å². The van der Waals surface area contributed by atoms with E-state index in [0.29, 0.717) is 6.42 Å². The Morgan fingerprint density at radius 2 is 0.962 bits per heavy atom. The molecular formula is C43H86NO7P. The van der Waals surface area contributed by atoms with Gasteiger partial charge in [-0.1, -0.05) is 200 Å². The van der Waals surface area contributed by atoms with Crippen LogP contribution < -0.4 is 5.73 Å². The van der Waals surface area contributed by atoms with Crippen LogP contribution in [0.4, 0.5) is 0 Å². The fraction of sp³-hybridized carbons (Fsp3) is 0.930. The number of phosphoric acid groups is 1. The van der Waals surface area contributed by atoms with Crippen molar-refractivity contribution in [2.75, 3.05) is 26.4 Å². The number of esters is 1. The van der Waals surface area contributed by atoms with E-state index in [1.807, 2.05) is 6.08 Å². The molecule has 9 heteroatoms. The highest BCUT2D eigenvalue weighted by atomic mass is 31.2. The molecule has 0 aromatic rings. The van der Waals surface area contributed by atoms with E-state index in [2.05, 4.69) is 13.8 Å². The van der Waals surface area contributed by atoms with Crippen LogP contribution in [0.1, 0.15) is 226 Å². The second kappa shape index (κ2) is 41.2. The fourth-order valence-electron chi connectivity index (χ4n) is 6.45. The van der Waals surface area contributed by atoms with Crippen molar-refractivity contribution in [3.63, 3.8) is 0 Å². The molecule has 0 heterocycles. The van der Waals surface area contributed by atoms with Gasteiger partial charge in [0.25, 0.3) is 0 Å². The number of hydrogen-bond acceptors (Lipinski definition) is 7. The normalized spacial score (nSPS) is 13.5. The van der Waals surface area contributed by atoms with Crippen LogP contribution in [0.25, 0.3) is 0 Å². The number of ether oxygens (including phenoxy) is 2. The summed E-state index contributed by atoms with van der Waals surface area (Å²) >= 11 is 0. The number of unbranched alkanes of at least 4 members (excludes halogenated alkanes) is 30. The lowest BCUT2D eigenvalue weighted by Gasteiger charge is -2.19. The number of hydrogen-bond donors (Lipinski definition) is 2. The van der Waals surface area contributed by atoms with Gasteiger partial charge in [0.1, 0.15) is 6.61 Å². The predicted octanol–water partition coefficient (Wildman–Crippen LogP) is 13.4. The lowest BCUT2D eigenvalue weighted by Crippen LogP contribution is -2.25. The molecule has 8 nitrogen and oxygen atoms in total. The molecule has 52 heavy (non-hydrogen) atoms. The Bertz CT molecular complexity index is 812. The summed E-state index contributed by atoms with van der Waals surface area (Å²) in [6.45, 7) is 4.25. The first kappa shape index (κ1) is 51.1. The smallest absolute Gasteiger partial charge is 0.472 e. The molecule has 0 aliphatic carbocycles. The average Bonchev–Trinajstić information content (AvgIpc) is 3.14. The van der Waals surface area contributed by atoms with E-state index < -0.39 is 13.9 Å².